The van der Waals surface area contributed by atoms with Crippen molar-refractivity contribution in [3.05, 3.63) is 0 Å². The second kappa shape index (κ2) is 10.6. The lowest BCUT2D eigenvalue weighted by atomic mass is 10.1. The van der Waals surface area contributed by atoms with Crippen molar-refractivity contribution in [1.82, 2.24) is 0 Å². The number of ether oxygens (including phenoxy) is 4. The summed E-state index contributed by atoms with van der Waals surface area (Å²) in [7, 11) is 12.2. The fourth-order valence-corrected chi connectivity index (χ4v) is 7.65. The predicted molar refractivity (Wildman–Crippen MR) is 95.8 cm³/mol. The summed E-state index contributed by atoms with van der Waals surface area (Å²) < 4.78 is 21.3. The highest BCUT2D eigenvalue weighted by molar-refractivity contribution is 9.09. The Morgan fingerprint density at radius 3 is 1.19 bits per heavy atom. The largest absolute Gasteiger partial charge is 0.356 e. The lowest BCUT2D eigenvalue weighted by Gasteiger charge is -2.30. The fourth-order valence-electron chi connectivity index (χ4n) is 1.60. The molecule has 0 aliphatic rings. The van der Waals surface area contributed by atoms with Crippen LogP contribution >= 0.6 is 31.4 Å². The molecule has 0 aliphatic heterocycles. The molecule has 0 aromatic rings. The highest BCUT2D eigenvalue weighted by Crippen LogP contribution is 2.51. The van der Waals surface area contributed by atoms with Gasteiger partial charge in [-0.3, -0.25) is 0 Å². The van der Waals surface area contributed by atoms with E-state index in [1.54, 1.807) is 38.3 Å². The highest BCUT2D eigenvalue weighted by atomic mass is 33.5. The zero-order chi connectivity index (χ0) is 16.5. The Kier molecular flexibility index (Phi) is 11.1. The zero-order valence-corrected chi connectivity index (χ0v) is 16.9. The maximum Gasteiger partial charge on any atom is 0.158 e. The van der Waals surface area contributed by atoms with E-state index in [1.807, 2.05) is 21.6 Å². The molecule has 0 saturated carbocycles. The van der Waals surface area contributed by atoms with Crippen LogP contribution in [0.5, 0.6) is 0 Å². The van der Waals surface area contributed by atoms with Gasteiger partial charge in [0.25, 0.3) is 0 Å². The topological polar surface area (TPSA) is 36.9 Å². The summed E-state index contributed by atoms with van der Waals surface area (Å²) in [6.07, 6.45) is 1.38. The molecule has 21 heavy (non-hydrogen) atoms. The first-order chi connectivity index (χ1) is 9.69. The van der Waals surface area contributed by atoms with E-state index in [4.69, 9.17) is 18.9 Å². The normalized spacial score (nSPS) is 13.4. The standard InChI is InChI=1S/C14H30O4S3/c1-13(2,9-11(15-5)16-6)19-21-20-14(3,4)10-12(17-7)18-8/h11-12H,9-10H2,1-8H3. The van der Waals surface area contributed by atoms with E-state index in [2.05, 4.69) is 27.7 Å². The molecule has 0 atom stereocenters. The van der Waals surface area contributed by atoms with Gasteiger partial charge in [0.2, 0.25) is 0 Å². The van der Waals surface area contributed by atoms with Crippen LogP contribution in [0.2, 0.25) is 0 Å². The molecule has 0 aromatic heterocycles. The Balaban J connectivity index is 4.20. The summed E-state index contributed by atoms with van der Waals surface area (Å²) >= 11 is 0. The quantitative estimate of drug-likeness (QED) is 0.373. The molecule has 0 bridgehead atoms. The average Bonchev–Trinajstić information content (AvgIpc) is 2.41. The molecule has 0 N–H and O–H groups in total. The third-order valence-corrected chi connectivity index (χ3v) is 8.60. The summed E-state index contributed by atoms with van der Waals surface area (Å²) in [5.41, 5.74) is 0. The number of methoxy groups -OCH3 is 4. The van der Waals surface area contributed by atoms with Gasteiger partial charge in [0.05, 0.1) is 0 Å². The number of hydrogen-bond donors (Lipinski definition) is 0. The Morgan fingerprint density at radius 2 is 0.952 bits per heavy atom. The maximum atomic E-state index is 5.28. The molecular weight excluding hydrogens is 328 g/mol. The van der Waals surface area contributed by atoms with E-state index >= 15 is 0 Å². The van der Waals surface area contributed by atoms with Crippen molar-refractivity contribution in [2.24, 2.45) is 0 Å². The fraction of sp³-hybridized carbons (Fsp3) is 1.00. The van der Waals surface area contributed by atoms with Gasteiger partial charge in [0.1, 0.15) is 0 Å². The molecule has 0 unspecified atom stereocenters. The van der Waals surface area contributed by atoms with Crippen LogP contribution in [0.3, 0.4) is 0 Å². The molecule has 0 saturated heterocycles. The van der Waals surface area contributed by atoms with Crippen LogP contribution in [0.1, 0.15) is 40.5 Å². The molecule has 0 rings (SSSR count). The van der Waals surface area contributed by atoms with Gasteiger partial charge in [-0.2, -0.15) is 0 Å². The third-order valence-electron chi connectivity index (χ3n) is 2.89. The second-order valence-electron chi connectivity index (χ2n) is 5.96. The minimum absolute atomic E-state index is 0.0757. The van der Waals surface area contributed by atoms with Gasteiger partial charge in [-0.15, -0.1) is 0 Å². The van der Waals surface area contributed by atoms with Crippen molar-refractivity contribution >= 4 is 31.4 Å². The minimum atomic E-state index is -0.155. The highest BCUT2D eigenvalue weighted by Gasteiger charge is 2.28. The Hall–Kier alpha value is 0.890. The van der Waals surface area contributed by atoms with Crippen molar-refractivity contribution < 1.29 is 18.9 Å². The van der Waals surface area contributed by atoms with E-state index < -0.39 is 0 Å². The summed E-state index contributed by atoms with van der Waals surface area (Å²) in [6.45, 7) is 8.82. The molecule has 0 spiro atoms. The monoisotopic (exact) mass is 358 g/mol. The molecule has 4 nitrogen and oxygen atoms in total. The second-order valence-corrected chi connectivity index (χ2v) is 11.3. The maximum absolute atomic E-state index is 5.28. The number of rotatable bonds is 12. The molecule has 0 fully saturated rings. The minimum Gasteiger partial charge on any atom is -0.356 e. The van der Waals surface area contributed by atoms with E-state index in [9.17, 15) is 0 Å². The van der Waals surface area contributed by atoms with E-state index in [0.29, 0.717) is 0 Å². The van der Waals surface area contributed by atoms with Crippen LogP contribution in [0.15, 0.2) is 0 Å². The Labute approximate surface area is 141 Å². The van der Waals surface area contributed by atoms with E-state index in [1.165, 1.54) is 0 Å². The van der Waals surface area contributed by atoms with Crippen molar-refractivity contribution in [2.45, 2.75) is 62.6 Å². The van der Waals surface area contributed by atoms with E-state index in [-0.39, 0.29) is 22.1 Å². The van der Waals surface area contributed by atoms with Gasteiger partial charge < -0.3 is 18.9 Å². The van der Waals surface area contributed by atoms with Crippen LogP contribution < -0.4 is 0 Å². The van der Waals surface area contributed by atoms with Gasteiger partial charge >= 0.3 is 0 Å². The van der Waals surface area contributed by atoms with Crippen molar-refractivity contribution in [3.8, 4) is 0 Å². The van der Waals surface area contributed by atoms with Crippen molar-refractivity contribution in [2.75, 3.05) is 28.4 Å². The van der Waals surface area contributed by atoms with Gasteiger partial charge in [0, 0.05) is 50.8 Å². The van der Waals surface area contributed by atoms with Crippen LogP contribution in [-0.2, 0) is 18.9 Å². The first-order valence-electron chi connectivity index (χ1n) is 6.84. The zero-order valence-electron chi connectivity index (χ0n) is 14.4. The third kappa shape index (κ3) is 10.3. The van der Waals surface area contributed by atoms with Crippen LogP contribution in [-0.4, -0.2) is 50.5 Å². The smallest absolute Gasteiger partial charge is 0.158 e. The first kappa shape index (κ1) is 21.9. The summed E-state index contributed by atoms with van der Waals surface area (Å²) in [6, 6.07) is 0. The van der Waals surface area contributed by atoms with Crippen LogP contribution in [0.25, 0.3) is 0 Å². The molecule has 128 valence electrons. The summed E-state index contributed by atoms with van der Waals surface area (Å²) in [5, 5.41) is 0. The molecule has 0 radical (unpaired) electrons. The summed E-state index contributed by atoms with van der Waals surface area (Å²) in [4.78, 5) is 0. The lowest BCUT2D eigenvalue weighted by Crippen LogP contribution is -2.26. The van der Waals surface area contributed by atoms with Crippen molar-refractivity contribution in [1.29, 1.82) is 0 Å². The van der Waals surface area contributed by atoms with Gasteiger partial charge in [0.15, 0.2) is 12.6 Å². The molecule has 0 aromatic carbocycles. The Bertz CT molecular complexity index is 241. The predicted octanol–water partition coefficient (Wildman–Crippen LogP) is 4.59. The van der Waals surface area contributed by atoms with Gasteiger partial charge in [-0.25, -0.2) is 0 Å². The van der Waals surface area contributed by atoms with Gasteiger partial charge in [-0.05, 0) is 37.5 Å². The SMILES string of the molecule is COC(CC(C)(C)SSSC(C)(C)CC(OC)OC)OC. The Morgan fingerprint density at radius 1 is 0.667 bits per heavy atom. The summed E-state index contributed by atoms with van der Waals surface area (Å²) in [5.74, 6) is 0. The van der Waals surface area contributed by atoms with E-state index in [0.717, 1.165) is 12.8 Å². The molecule has 0 aliphatic carbocycles. The molecule has 7 heteroatoms. The van der Waals surface area contributed by atoms with Gasteiger partial charge in [-0.1, -0.05) is 21.6 Å². The molecule has 0 heterocycles. The van der Waals surface area contributed by atoms with Crippen molar-refractivity contribution in [3.63, 3.8) is 0 Å². The van der Waals surface area contributed by atoms with Crippen LogP contribution in [0.4, 0.5) is 0 Å². The number of hydrogen-bond acceptors (Lipinski definition) is 7. The molecular formula is C14H30O4S3. The molecule has 0 amide bonds. The average molecular weight is 359 g/mol. The first-order valence-corrected chi connectivity index (χ1v) is 10.3. The lowest BCUT2D eigenvalue weighted by molar-refractivity contribution is -0.109. The van der Waals surface area contributed by atoms with Crippen LogP contribution in [0, 0.1) is 0 Å².